The number of H-pyrrole nitrogens is 1. The number of rotatable bonds is 4. The number of carbonyl (C=O) groups is 1. The first kappa shape index (κ1) is 17.0. The molecule has 144 valence electrons. The molecule has 0 bridgehead atoms. The maximum absolute atomic E-state index is 13.4. The number of nitrogens with one attached hydrogen (secondary N) is 1. The van der Waals surface area contributed by atoms with Crippen LogP contribution in [0.25, 0.3) is 11.1 Å². The van der Waals surface area contributed by atoms with E-state index in [0.29, 0.717) is 29.8 Å². The summed E-state index contributed by atoms with van der Waals surface area (Å²) in [6.45, 7) is 0.654. The van der Waals surface area contributed by atoms with Gasteiger partial charge < -0.3 is 9.32 Å². The van der Waals surface area contributed by atoms with Crippen LogP contribution < -0.4 is 5.69 Å². The summed E-state index contributed by atoms with van der Waals surface area (Å²) >= 11 is 0. The number of aromatic nitrogens is 4. The first-order chi connectivity index (χ1) is 13.6. The molecule has 3 aromatic heterocycles. The first-order valence-corrected chi connectivity index (χ1v) is 9.53. The quantitative estimate of drug-likeness (QED) is 0.751. The minimum Gasteiger partial charge on any atom is -0.472 e. The Labute approximate surface area is 161 Å². The number of aromatic amines is 1. The number of carbonyl (C=O) groups excluding carboxylic acids is 1. The van der Waals surface area contributed by atoms with Crippen LogP contribution in [0.5, 0.6) is 0 Å². The van der Waals surface area contributed by atoms with Crippen LogP contribution in [0.1, 0.15) is 41.5 Å². The number of hydrogen-bond donors (Lipinski definition) is 1. The predicted octanol–water partition coefficient (Wildman–Crippen LogP) is 2.38. The number of pyridine rings is 1. The van der Waals surface area contributed by atoms with Crippen LogP contribution in [-0.2, 0) is 7.05 Å². The lowest BCUT2D eigenvalue weighted by Crippen LogP contribution is -2.34. The molecule has 4 heterocycles. The van der Waals surface area contributed by atoms with Gasteiger partial charge in [0.1, 0.15) is 0 Å². The lowest BCUT2D eigenvalue weighted by molar-refractivity contribution is 0.0701. The maximum atomic E-state index is 13.4. The van der Waals surface area contributed by atoms with E-state index in [0.717, 1.165) is 17.5 Å². The van der Waals surface area contributed by atoms with Crippen molar-refractivity contribution in [1.82, 2.24) is 24.6 Å². The number of amides is 1. The summed E-state index contributed by atoms with van der Waals surface area (Å²) in [5.74, 6) is 1.49. The molecule has 8 heteroatoms. The van der Waals surface area contributed by atoms with E-state index in [2.05, 4.69) is 15.2 Å². The average molecular weight is 379 g/mol. The van der Waals surface area contributed by atoms with Crippen molar-refractivity contribution in [3.63, 3.8) is 0 Å². The van der Waals surface area contributed by atoms with Crippen LogP contribution >= 0.6 is 0 Å². The smallest absolute Gasteiger partial charge is 0.343 e. The summed E-state index contributed by atoms with van der Waals surface area (Å²) in [5, 5.41) is 6.76. The van der Waals surface area contributed by atoms with E-state index in [1.165, 1.54) is 17.4 Å². The van der Waals surface area contributed by atoms with E-state index < -0.39 is 0 Å². The summed E-state index contributed by atoms with van der Waals surface area (Å²) in [6.07, 6.45) is 9.82. The molecular weight excluding hydrogens is 358 g/mol. The number of likely N-dealkylation sites (tertiary alicyclic amines) is 1. The third kappa shape index (κ3) is 2.76. The largest absolute Gasteiger partial charge is 0.472 e. The van der Waals surface area contributed by atoms with Crippen molar-refractivity contribution in [1.29, 1.82) is 0 Å². The zero-order valence-electron chi connectivity index (χ0n) is 15.5. The van der Waals surface area contributed by atoms with E-state index in [-0.39, 0.29) is 17.6 Å². The first-order valence-electron chi connectivity index (χ1n) is 9.53. The summed E-state index contributed by atoms with van der Waals surface area (Å²) in [7, 11) is 1.70. The molecule has 0 radical (unpaired) electrons. The molecule has 1 saturated heterocycles. The van der Waals surface area contributed by atoms with Gasteiger partial charge in [-0.15, -0.1) is 0 Å². The normalized spacial score (nSPS) is 22.0. The summed E-state index contributed by atoms with van der Waals surface area (Å²) in [5.41, 5.74) is 1.99. The molecule has 8 nitrogen and oxygen atoms in total. The van der Waals surface area contributed by atoms with E-state index in [9.17, 15) is 9.59 Å². The van der Waals surface area contributed by atoms with Crippen LogP contribution in [0.3, 0.4) is 0 Å². The van der Waals surface area contributed by atoms with Crippen molar-refractivity contribution in [2.24, 2.45) is 18.9 Å². The molecule has 2 fully saturated rings. The van der Waals surface area contributed by atoms with Gasteiger partial charge in [0.25, 0.3) is 5.91 Å². The average Bonchev–Trinajstić information content (AvgIpc) is 3.11. The highest BCUT2D eigenvalue weighted by atomic mass is 16.3. The molecular formula is C20H21N5O3. The van der Waals surface area contributed by atoms with Gasteiger partial charge >= 0.3 is 5.69 Å². The molecule has 2 unspecified atom stereocenters. The highest BCUT2D eigenvalue weighted by Gasteiger charge is 2.47. The Morgan fingerprint density at radius 3 is 2.79 bits per heavy atom. The second-order valence-electron chi connectivity index (χ2n) is 7.65. The maximum Gasteiger partial charge on any atom is 0.343 e. The van der Waals surface area contributed by atoms with Gasteiger partial charge in [0.15, 0.2) is 5.82 Å². The van der Waals surface area contributed by atoms with E-state index in [4.69, 9.17) is 4.42 Å². The molecule has 1 aliphatic carbocycles. The Kier molecular flexibility index (Phi) is 3.92. The van der Waals surface area contributed by atoms with Gasteiger partial charge in [0, 0.05) is 37.1 Å². The Morgan fingerprint density at radius 2 is 2.11 bits per heavy atom. The van der Waals surface area contributed by atoms with E-state index in [1.54, 1.807) is 32.0 Å². The fourth-order valence-electron chi connectivity index (χ4n) is 4.33. The van der Waals surface area contributed by atoms with Crippen molar-refractivity contribution in [2.45, 2.75) is 25.3 Å². The van der Waals surface area contributed by atoms with Gasteiger partial charge in [-0.2, -0.15) is 5.10 Å². The molecule has 2 aliphatic rings. The van der Waals surface area contributed by atoms with Gasteiger partial charge in [0.05, 0.1) is 24.1 Å². The molecule has 0 aromatic carbocycles. The molecule has 28 heavy (non-hydrogen) atoms. The van der Waals surface area contributed by atoms with Crippen LogP contribution in [0.2, 0.25) is 0 Å². The summed E-state index contributed by atoms with van der Waals surface area (Å²) < 4.78 is 6.66. The van der Waals surface area contributed by atoms with Crippen molar-refractivity contribution < 1.29 is 9.21 Å². The second-order valence-corrected chi connectivity index (χ2v) is 7.65. The lowest BCUT2D eigenvalue weighted by Gasteiger charge is -2.27. The van der Waals surface area contributed by atoms with E-state index >= 15 is 0 Å². The molecule has 1 N–H and O–H groups in total. The Balaban J connectivity index is 1.50. The van der Waals surface area contributed by atoms with Crippen LogP contribution in [0.4, 0.5) is 0 Å². The van der Waals surface area contributed by atoms with Crippen LogP contribution in [-0.4, -0.2) is 37.1 Å². The fourth-order valence-corrected chi connectivity index (χ4v) is 4.33. The van der Waals surface area contributed by atoms with Crippen molar-refractivity contribution in [2.75, 3.05) is 6.54 Å². The van der Waals surface area contributed by atoms with Gasteiger partial charge in [-0.1, -0.05) is 0 Å². The van der Waals surface area contributed by atoms with Gasteiger partial charge in [-0.25, -0.2) is 9.89 Å². The highest BCUT2D eigenvalue weighted by Crippen LogP contribution is 2.50. The van der Waals surface area contributed by atoms with Crippen molar-refractivity contribution in [3.8, 4) is 11.1 Å². The predicted molar refractivity (Wildman–Crippen MR) is 100 cm³/mol. The SMILES string of the molecule is Cn1c(C2C(C3CC3)CCN2C(=O)c2cncc(-c3ccoc3)c2)n[nH]c1=O. The highest BCUT2D eigenvalue weighted by molar-refractivity contribution is 5.95. The molecule has 3 aromatic rings. The minimum atomic E-state index is -0.257. The fraction of sp³-hybridized carbons (Fsp3) is 0.400. The molecule has 1 aliphatic heterocycles. The van der Waals surface area contributed by atoms with Gasteiger partial charge in [-0.05, 0) is 43.2 Å². The third-order valence-corrected chi connectivity index (χ3v) is 5.95. The zero-order valence-corrected chi connectivity index (χ0v) is 15.5. The van der Waals surface area contributed by atoms with Crippen molar-refractivity contribution in [3.05, 3.63) is 58.9 Å². The Bertz CT molecular complexity index is 1060. The molecule has 0 spiro atoms. The molecule has 2 atom stereocenters. The standard InChI is InChI=1S/C20H21N5O3/c1-24-18(22-23-20(24)27)17-16(12-2-3-12)4-6-25(17)19(26)15-8-14(9-21-10-15)13-5-7-28-11-13/h5,7-12,16-17H,2-4,6H2,1H3,(H,23,27). The monoisotopic (exact) mass is 379 g/mol. The van der Waals surface area contributed by atoms with E-state index in [1.807, 2.05) is 17.0 Å². The van der Waals surface area contributed by atoms with Crippen LogP contribution in [0, 0.1) is 11.8 Å². The van der Waals surface area contributed by atoms with Gasteiger partial charge in [0.2, 0.25) is 0 Å². The third-order valence-electron chi connectivity index (χ3n) is 5.95. The Morgan fingerprint density at radius 1 is 1.25 bits per heavy atom. The van der Waals surface area contributed by atoms with Gasteiger partial charge in [-0.3, -0.25) is 14.3 Å². The number of hydrogen-bond acceptors (Lipinski definition) is 5. The topological polar surface area (TPSA) is 97.0 Å². The molecule has 1 saturated carbocycles. The molecule has 5 rings (SSSR count). The molecule has 1 amide bonds. The van der Waals surface area contributed by atoms with Crippen molar-refractivity contribution >= 4 is 5.91 Å². The Hall–Kier alpha value is -3.16. The summed E-state index contributed by atoms with van der Waals surface area (Å²) in [6, 6.07) is 3.49. The number of nitrogens with zero attached hydrogens (tertiary/aromatic N) is 4. The number of furan rings is 1. The summed E-state index contributed by atoms with van der Waals surface area (Å²) in [4.78, 5) is 31.4. The zero-order chi connectivity index (χ0) is 19.3. The van der Waals surface area contributed by atoms with Crippen LogP contribution in [0.15, 0.2) is 46.3 Å². The second kappa shape index (κ2) is 6.47. The lowest BCUT2D eigenvalue weighted by atomic mass is 9.94. The minimum absolute atomic E-state index is 0.0820.